The molecule has 0 aliphatic heterocycles. The van der Waals surface area contributed by atoms with Gasteiger partial charge in [-0.3, -0.25) is 4.79 Å². The molecule has 0 saturated heterocycles. The summed E-state index contributed by atoms with van der Waals surface area (Å²) in [5.74, 6) is -2.91. The minimum atomic E-state index is -1.11. The molecule has 0 fully saturated rings. The number of nitrogens with one attached hydrogen (secondary N) is 1. The van der Waals surface area contributed by atoms with Gasteiger partial charge < -0.3 is 15.8 Å². The van der Waals surface area contributed by atoms with Crippen molar-refractivity contribution in [3.8, 4) is 5.75 Å². The molecular formula is C15H14F2N2O2. The predicted octanol–water partition coefficient (Wildman–Crippen LogP) is 2.44. The van der Waals surface area contributed by atoms with E-state index in [2.05, 4.69) is 5.32 Å². The second kappa shape index (κ2) is 6.81. The summed E-state index contributed by atoms with van der Waals surface area (Å²) in [6.45, 7) is -0.00476. The maximum atomic E-state index is 13.3. The van der Waals surface area contributed by atoms with Crippen molar-refractivity contribution in [1.29, 1.82) is 0 Å². The highest BCUT2D eigenvalue weighted by Crippen LogP contribution is 2.19. The minimum Gasteiger partial charge on any atom is -0.481 e. The minimum absolute atomic E-state index is 0.302. The van der Waals surface area contributed by atoms with E-state index in [0.717, 1.165) is 11.6 Å². The predicted molar refractivity (Wildman–Crippen MR) is 74.8 cm³/mol. The van der Waals surface area contributed by atoms with Gasteiger partial charge in [0.05, 0.1) is 0 Å². The average Bonchev–Trinajstić information content (AvgIpc) is 2.49. The zero-order valence-corrected chi connectivity index (χ0v) is 11.1. The number of carbonyl (C=O) groups excluding carboxylic acids is 1. The Labute approximate surface area is 120 Å². The Bertz CT molecular complexity index is 630. The lowest BCUT2D eigenvalue weighted by molar-refractivity contribution is -0.118. The Balaban J connectivity index is 1.91. The molecule has 2 aromatic carbocycles. The van der Waals surface area contributed by atoms with Gasteiger partial charge in [0.15, 0.2) is 18.2 Å². The van der Waals surface area contributed by atoms with E-state index >= 15 is 0 Å². The number of anilines is 1. The summed E-state index contributed by atoms with van der Waals surface area (Å²) < 4.78 is 31.2. The van der Waals surface area contributed by atoms with Crippen molar-refractivity contribution in [3.05, 3.63) is 59.7 Å². The third-order valence-electron chi connectivity index (χ3n) is 2.75. The van der Waals surface area contributed by atoms with E-state index in [0.29, 0.717) is 12.2 Å². The van der Waals surface area contributed by atoms with Crippen LogP contribution in [0.2, 0.25) is 0 Å². The van der Waals surface area contributed by atoms with Crippen LogP contribution in [0, 0.1) is 11.6 Å². The fraction of sp³-hybridized carbons (Fsp3) is 0.133. The second-order valence-electron chi connectivity index (χ2n) is 4.29. The Morgan fingerprint density at radius 1 is 1.14 bits per heavy atom. The van der Waals surface area contributed by atoms with Crippen LogP contribution in [0.3, 0.4) is 0 Å². The van der Waals surface area contributed by atoms with E-state index in [4.69, 9.17) is 10.5 Å². The van der Waals surface area contributed by atoms with Crippen molar-refractivity contribution < 1.29 is 18.3 Å². The van der Waals surface area contributed by atoms with Crippen LogP contribution in [0.25, 0.3) is 0 Å². The molecule has 6 heteroatoms. The SMILES string of the molecule is NCc1ccc(NC(=O)COc2cccc(F)c2F)cc1. The third-order valence-corrected chi connectivity index (χ3v) is 2.75. The summed E-state index contributed by atoms with van der Waals surface area (Å²) in [6, 6.07) is 10.5. The standard InChI is InChI=1S/C15H14F2N2O2/c16-12-2-1-3-13(15(12)17)21-9-14(20)19-11-6-4-10(8-18)5-7-11/h1-7H,8-9,18H2,(H,19,20). The van der Waals surface area contributed by atoms with Gasteiger partial charge in [-0.25, -0.2) is 4.39 Å². The first-order chi connectivity index (χ1) is 10.1. The fourth-order valence-corrected chi connectivity index (χ4v) is 1.66. The molecule has 21 heavy (non-hydrogen) atoms. The summed E-state index contributed by atoms with van der Waals surface area (Å²) in [6.07, 6.45) is 0. The normalized spacial score (nSPS) is 10.2. The summed E-state index contributed by atoms with van der Waals surface area (Å²) >= 11 is 0. The second-order valence-corrected chi connectivity index (χ2v) is 4.29. The van der Waals surface area contributed by atoms with Crippen molar-refractivity contribution in [2.24, 2.45) is 5.73 Å². The number of rotatable bonds is 5. The van der Waals surface area contributed by atoms with Crippen LogP contribution in [0.1, 0.15) is 5.56 Å². The molecule has 110 valence electrons. The highest BCUT2D eigenvalue weighted by Gasteiger charge is 2.10. The molecule has 0 aliphatic carbocycles. The van der Waals surface area contributed by atoms with Crippen LogP contribution in [0.5, 0.6) is 5.75 Å². The topological polar surface area (TPSA) is 64.3 Å². The Morgan fingerprint density at radius 2 is 1.86 bits per heavy atom. The lowest BCUT2D eigenvalue weighted by Crippen LogP contribution is -2.20. The molecule has 0 saturated carbocycles. The first kappa shape index (κ1) is 14.9. The summed E-state index contributed by atoms with van der Waals surface area (Å²) in [5.41, 5.74) is 6.97. The van der Waals surface area contributed by atoms with Gasteiger partial charge in [0, 0.05) is 12.2 Å². The van der Waals surface area contributed by atoms with Crippen molar-refractivity contribution >= 4 is 11.6 Å². The zero-order chi connectivity index (χ0) is 15.2. The van der Waals surface area contributed by atoms with Gasteiger partial charge >= 0.3 is 0 Å². The third kappa shape index (κ3) is 4.00. The van der Waals surface area contributed by atoms with Crippen LogP contribution in [0.4, 0.5) is 14.5 Å². The lowest BCUT2D eigenvalue weighted by Gasteiger charge is -2.08. The van der Waals surface area contributed by atoms with Gasteiger partial charge in [-0.05, 0) is 29.8 Å². The van der Waals surface area contributed by atoms with Gasteiger partial charge in [0.25, 0.3) is 5.91 Å². The molecule has 0 aromatic heterocycles. The Kier molecular flexibility index (Phi) is 4.84. The molecule has 0 atom stereocenters. The number of hydrogen-bond acceptors (Lipinski definition) is 3. The molecule has 1 amide bonds. The lowest BCUT2D eigenvalue weighted by atomic mass is 10.2. The van der Waals surface area contributed by atoms with E-state index in [1.807, 2.05) is 0 Å². The number of halogens is 2. The first-order valence-electron chi connectivity index (χ1n) is 6.26. The Morgan fingerprint density at radius 3 is 2.52 bits per heavy atom. The summed E-state index contributed by atoms with van der Waals surface area (Å²) in [7, 11) is 0. The Hall–Kier alpha value is -2.47. The van der Waals surface area contributed by atoms with E-state index in [1.54, 1.807) is 24.3 Å². The molecule has 2 aromatic rings. The van der Waals surface area contributed by atoms with Crippen LogP contribution < -0.4 is 15.8 Å². The molecule has 0 aliphatic rings. The summed E-state index contributed by atoms with van der Waals surface area (Å²) in [4.78, 5) is 11.7. The van der Waals surface area contributed by atoms with Gasteiger partial charge in [0.1, 0.15) is 0 Å². The monoisotopic (exact) mass is 292 g/mol. The van der Waals surface area contributed by atoms with Crippen molar-refractivity contribution in [2.45, 2.75) is 6.54 Å². The average molecular weight is 292 g/mol. The first-order valence-corrected chi connectivity index (χ1v) is 6.26. The van der Waals surface area contributed by atoms with Gasteiger partial charge in [-0.1, -0.05) is 18.2 Å². The maximum absolute atomic E-state index is 13.3. The largest absolute Gasteiger partial charge is 0.481 e. The van der Waals surface area contributed by atoms with Crippen LogP contribution in [-0.4, -0.2) is 12.5 Å². The number of benzene rings is 2. The number of hydrogen-bond donors (Lipinski definition) is 2. The molecule has 4 nitrogen and oxygen atoms in total. The van der Waals surface area contributed by atoms with Crippen LogP contribution in [-0.2, 0) is 11.3 Å². The maximum Gasteiger partial charge on any atom is 0.262 e. The van der Waals surface area contributed by atoms with Crippen molar-refractivity contribution in [3.63, 3.8) is 0 Å². The number of amides is 1. The molecule has 2 rings (SSSR count). The van der Waals surface area contributed by atoms with Gasteiger partial charge in [-0.15, -0.1) is 0 Å². The molecule has 0 unspecified atom stereocenters. The summed E-state index contributed by atoms with van der Waals surface area (Å²) in [5, 5.41) is 2.58. The van der Waals surface area contributed by atoms with Crippen molar-refractivity contribution in [2.75, 3.05) is 11.9 Å². The highest BCUT2D eigenvalue weighted by atomic mass is 19.2. The van der Waals surface area contributed by atoms with E-state index in [9.17, 15) is 13.6 Å². The van der Waals surface area contributed by atoms with Gasteiger partial charge in [-0.2, -0.15) is 4.39 Å². The number of nitrogens with two attached hydrogens (primary N) is 1. The fourth-order valence-electron chi connectivity index (χ4n) is 1.66. The molecular weight excluding hydrogens is 278 g/mol. The number of carbonyl (C=O) groups is 1. The zero-order valence-electron chi connectivity index (χ0n) is 11.1. The number of ether oxygens (including phenoxy) is 1. The molecule has 0 spiro atoms. The van der Waals surface area contributed by atoms with Gasteiger partial charge in [0.2, 0.25) is 5.82 Å². The van der Waals surface area contributed by atoms with E-state index < -0.39 is 24.1 Å². The molecule has 0 radical (unpaired) electrons. The molecule has 0 heterocycles. The van der Waals surface area contributed by atoms with E-state index in [-0.39, 0.29) is 5.75 Å². The van der Waals surface area contributed by atoms with Crippen LogP contribution >= 0.6 is 0 Å². The van der Waals surface area contributed by atoms with E-state index in [1.165, 1.54) is 12.1 Å². The smallest absolute Gasteiger partial charge is 0.262 e. The molecule has 3 N–H and O–H groups in total. The highest BCUT2D eigenvalue weighted by molar-refractivity contribution is 5.91. The quantitative estimate of drug-likeness (QED) is 0.889. The van der Waals surface area contributed by atoms with Crippen molar-refractivity contribution in [1.82, 2.24) is 0 Å². The molecule has 0 bridgehead atoms. The van der Waals surface area contributed by atoms with Crippen LogP contribution in [0.15, 0.2) is 42.5 Å².